The summed E-state index contributed by atoms with van der Waals surface area (Å²) in [5.41, 5.74) is 5.95. The van der Waals surface area contributed by atoms with Crippen molar-refractivity contribution in [2.24, 2.45) is 10.7 Å². The average molecular weight is 321 g/mol. The first-order chi connectivity index (χ1) is 10.8. The van der Waals surface area contributed by atoms with Gasteiger partial charge in [-0.1, -0.05) is 25.1 Å². The number of likely N-dealkylation sites (tertiary alicyclic amines) is 1. The molecular formula is C17H28N4S. The molecule has 2 rings (SSSR count). The van der Waals surface area contributed by atoms with E-state index in [1.807, 2.05) is 17.8 Å². The summed E-state index contributed by atoms with van der Waals surface area (Å²) in [6, 6.07) is 11.1. The molecule has 4 nitrogen and oxygen atoms in total. The molecule has 5 heteroatoms. The predicted octanol–water partition coefficient (Wildman–Crippen LogP) is 2.56. The maximum absolute atomic E-state index is 5.95. The van der Waals surface area contributed by atoms with Gasteiger partial charge < -0.3 is 11.1 Å². The van der Waals surface area contributed by atoms with Gasteiger partial charge in [-0.25, -0.2) is 0 Å². The van der Waals surface area contributed by atoms with Crippen LogP contribution in [0, 0.1) is 0 Å². The number of rotatable bonds is 8. The van der Waals surface area contributed by atoms with Gasteiger partial charge >= 0.3 is 0 Å². The van der Waals surface area contributed by atoms with Gasteiger partial charge in [0.1, 0.15) is 0 Å². The highest BCUT2D eigenvalue weighted by Crippen LogP contribution is 2.17. The number of nitrogens with zero attached hydrogens (tertiary/aromatic N) is 2. The van der Waals surface area contributed by atoms with Gasteiger partial charge in [-0.15, -0.1) is 11.8 Å². The van der Waals surface area contributed by atoms with Crippen molar-refractivity contribution in [1.82, 2.24) is 10.2 Å². The lowest BCUT2D eigenvalue weighted by atomic mass is 10.2. The highest BCUT2D eigenvalue weighted by Gasteiger charge is 2.22. The van der Waals surface area contributed by atoms with Crippen molar-refractivity contribution >= 4 is 17.7 Å². The van der Waals surface area contributed by atoms with E-state index < -0.39 is 0 Å². The molecule has 1 heterocycles. The molecule has 1 unspecified atom stereocenters. The van der Waals surface area contributed by atoms with E-state index in [1.165, 1.54) is 24.3 Å². The van der Waals surface area contributed by atoms with Gasteiger partial charge in [-0.3, -0.25) is 9.89 Å². The molecule has 0 saturated carbocycles. The highest BCUT2D eigenvalue weighted by atomic mass is 32.2. The zero-order valence-corrected chi connectivity index (χ0v) is 14.3. The van der Waals surface area contributed by atoms with Gasteiger partial charge in [0.05, 0.1) is 6.54 Å². The summed E-state index contributed by atoms with van der Waals surface area (Å²) in [5, 5.41) is 3.22. The molecule has 22 heavy (non-hydrogen) atoms. The van der Waals surface area contributed by atoms with Crippen molar-refractivity contribution in [3.8, 4) is 0 Å². The summed E-state index contributed by atoms with van der Waals surface area (Å²) in [5.74, 6) is 1.68. The van der Waals surface area contributed by atoms with Crippen molar-refractivity contribution in [3.63, 3.8) is 0 Å². The van der Waals surface area contributed by atoms with Crippen LogP contribution in [0.3, 0.4) is 0 Å². The second kappa shape index (κ2) is 9.74. The van der Waals surface area contributed by atoms with E-state index in [9.17, 15) is 0 Å². The van der Waals surface area contributed by atoms with Crippen LogP contribution in [0.15, 0.2) is 40.2 Å². The molecule has 1 aliphatic rings. The quantitative estimate of drug-likeness (QED) is 0.334. The molecule has 1 aromatic rings. The SMILES string of the molecule is CCN1CCCC1CN=C(N)NCCCSc1ccccc1. The van der Waals surface area contributed by atoms with Crippen LogP contribution < -0.4 is 11.1 Å². The number of thioether (sulfide) groups is 1. The van der Waals surface area contributed by atoms with Crippen molar-refractivity contribution in [3.05, 3.63) is 30.3 Å². The van der Waals surface area contributed by atoms with Crippen molar-refractivity contribution < 1.29 is 0 Å². The lowest BCUT2D eigenvalue weighted by Crippen LogP contribution is -2.36. The van der Waals surface area contributed by atoms with Crippen LogP contribution in [0.5, 0.6) is 0 Å². The number of aliphatic imine (C=N–C) groups is 1. The van der Waals surface area contributed by atoms with Crippen molar-refractivity contribution in [1.29, 1.82) is 0 Å². The molecule has 0 amide bonds. The van der Waals surface area contributed by atoms with E-state index in [-0.39, 0.29) is 0 Å². The molecule has 1 fully saturated rings. The zero-order valence-electron chi connectivity index (χ0n) is 13.5. The van der Waals surface area contributed by atoms with E-state index in [0.717, 1.165) is 31.8 Å². The minimum Gasteiger partial charge on any atom is -0.370 e. The molecule has 1 aliphatic heterocycles. The van der Waals surface area contributed by atoms with Crippen molar-refractivity contribution in [2.75, 3.05) is 31.9 Å². The van der Waals surface area contributed by atoms with E-state index in [2.05, 4.69) is 46.4 Å². The van der Waals surface area contributed by atoms with Gasteiger partial charge in [-0.2, -0.15) is 0 Å². The summed E-state index contributed by atoms with van der Waals surface area (Å²) in [6.07, 6.45) is 3.62. The lowest BCUT2D eigenvalue weighted by molar-refractivity contribution is 0.273. The normalized spacial score (nSPS) is 19.5. The molecule has 0 aliphatic carbocycles. The Morgan fingerprint density at radius 1 is 1.41 bits per heavy atom. The Balaban J connectivity index is 1.57. The Bertz CT molecular complexity index is 449. The Morgan fingerprint density at radius 2 is 2.23 bits per heavy atom. The van der Waals surface area contributed by atoms with Crippen LogP contribution in [0.1, 0.15) is 26.2 Å². The fourth-order valence-electron chi connectivity index (χ4n) is 2.77. The van der Waals surface area contributed by atoms with Gasteiger partial charge in [0.2, 0.25) is 0 Å². The van der Waals surface area contributed by atoms with Gasteiger partial charge in [0.15, 0.2) is 5.96 Å². The van der Waals surface area contributed by atoms with E-state index in [0.29, 0.717) is 12.0 Å². The number of likely N-dealkylation sites (N-methyl/N-ethyl adjacent to an activating group) is 1. The first-order valence-electron chi connectivity index (χ1n) is 8.25. The number of guanidine groups is 1. The lowest BCUT2D eigenvalue weighted by Gasteiger charge is -2.20. The molecule has 1 saturated heterocycles. The van der Waals surface area contributed by atoms with E-state index >= 15 is 0 Å². The second-order valence-electron chi connectivity index (χ2n) is 5.59. The van der Waals surface area contributed by atoms with Crippen LogP contribution in [-0.2, 0) is 0 Å². The fourth-order valence-corrected chi connectivity index (χ4v) is 3.65. The summed E-state index contributed by atoms with van der Waals surface area (Å²) in [6.45, 7) is 6.25. The summed E-state index contributed by atoms with van der Waals surface area (Å²) in [7, 11) is 0. The maximum Gasteiger partial charge on any atom is 0.188 e. The molecule has 122 valence electrons. The van der Waals surface area contributed by atoms with Gasteiger partial charge in [0, 0.05) is 17.5 Å². The minimum absolute atomic E-state index is 0.582. The fraction of sp³-hybridized carbons (Fsp3) is 0.588. The Labute approximate surface area is 138 Å². The molecule has 3 N–H and O–H groups in total. The highest BCUT2D eigenvalue weighted by molar-refractivity contribution is 7.99. The first kappa shape index (κ1) is 17.2. The second-order valence-corrected chi connectivity index (χ2v) is 6.76. The van der Waals surface area contributed by atoms with Crippen LogP contribution >= 0.6 is 11.8 Å². The molecular weight excluding hydrogens is 292 g/mol. The Hall–Kier alpha value is -1.20. The third kappa shape index (κ3) is 5.89. The molecule has 0 spiro atoms. The number of nitrogens with two attached hydrogens (primary N) is 1. The third-order valence-corrected chi connectivity index (χ3v) is 5.12. The van der Waals surface area contributed by atoms with Gasteiger partial charge in [0.25, 0.3) is 0 Å². The first-order valence-corrected chi connectivity index (χ1v) is 9.24. The predicted molar refractivity (Wildman–Crippen MR) is 96.5 cm³/mol. The number of nitrogens with one attached hydrogen (secondary N) is 1. The summed E-state index contributed by atoms with van der Waals surface area (Å²) < 4.78 is 0. The average Bonchev–Trinajstić information content (AvgIpc) is 3.01. The van der Waals surface area contributed by atoms with Crippen LogP contribution in [0.25, 0.3) is 0 Å². The molecule has 0 aromatic heterocycles. The standard InChI is InChI=1S/C17H28N4S/c1-2-21-12-6-8-15(21)14-20-17(18)19-11-7-13-22-16-9-4-3-5-10-16/h3-5,9-10,15H,2,6-8,11-14H2,1H3,(H3,18,19,20). The molecule has 0 bridgehead atoms. The minimum atomic E-state index is 0.582. The van der Waals surface area contributed by atoms with E-state index in [4.69, 9.17) is 5.73 Å². The van der Waals surface area contributed by atoms with Crippen molar-refractivity contribution in [2.45, 2.75) is 37.1 Å². The smallest absolute Gasteiger partial charge is 0.188 e. The molecule has 1 aromatic carbocycles. The van der Waals surface area contributed by atoms with Crippen LogP contribution in [0.2, 0.25) is 0 Å². The summed E-state index contributed by atoms with van der Waals surface area (Å²) >= 11 is 1.88. The number of benzene rings is 1. The molecule has 1 atom stereocenters. The monoisotopic (exact) mass is 320 g/mol. The Kier molecular flexibility index (Phi) is 7.60. The van der Waals surface area contributed by atoms with Crippen LogP contribution in [-0.4, -0.2) is 48.8 Å². The number of hydrogen-bond donors (Lipinski definition) is 2. The molecule has 0 radical (unpaired) electrons. The largest absolute Gasteiger partial charge is 0.370 e. The topological polar surface area (TPSA) is 53.6 Å². The van der Waals surface area contributed by atoms with Gasteiger partial charge in [-0.05, 0) is 50.2 Å². The van der Waals surface area contributed by atoms with E-state index in [1.54, 1.807) is 0 Å². The maximum atomic E-state index is 5.95. The van der Waals surface area contributed by atoms with Crippen LogP contribution in [0.4, 0.5) is 0 Å². The summed E-state index contributed by atoms with van der Waals surface area (Å²) in [4.78, 5) is 8.31. The number of hydrogen-bond acceptors (Lipinski definition) is 3. The third-order valence-electron chi connectivity index (χ3n) is 4.02. The zero-order chi connectivity index (χ0) is 15.6. The Morgan fingerprint density at radius 3 is 3.00 bits per heavy atom.